The fourth-order valence-electron chi connectivity index (χ4n) is 2.12. The van der Waals surface area contributed by atoms with Crippen LogP contribution in [0.1, 0.15) is 77.6 Å². The Morgan fingerprint density at radius 2 is 1.37 bits per heavy atom. The third-order valence-corrected chi connectivity index (χ3v) is 3.37. The van der Waals surface area contributed by atoms with Crippen LogP contribution < -0.4 is 5.73 Å². The predicted molar refractivity (Wildman–Crippen MR) is 83.6 cm³/mol. The maximum absolute atomic E-state index is 11.1. The molecule has 0 aliphatic carbocycles. The normalized spacial score (nSPS) is 11.7. The fraction of sp³-hybridized carbons (Fsp3) is 0.933. The SMILES string of the molecule is CCCCCCCCCCCCC(N)C(=O)OC.[NaH]. The summed E-state index contributed by atoms with van der Waals surface area (Å²) in [4.78, 5) is 11.1. The molecule has 0 heterocycles. The Morgan fingerprint density at radius 3 is 1.79 bits per heavy atom. The molecule has 19 heavy (non-hydrogen) atoms. The molecule has 4 heteroatoms. The number of carbonyl (C=O) groups excluding carboxylic acids is 1. The molecule has 0 rings (SSSR count). The topological polar surface area (TPSA) is 52.3 Å². The van der Waals surface area contributed by atoms with Crippen LogP contribution >= 0.6 is 0 Å². The van der Waals surface area contributed by atoms with Crippen molar-refractivity contribution < 1.29 is 9.53 Å². The van der Waals surface area contributed by atoms with Gasteiger partial charge in [0.05, 0.1) is 7.11 Å². The van der Waals surface area contributed by atoms with E-state index in [4.69, 9.17) is 5.73 Å². The average molecular weight is 281 g/mol. The van der Waals surface area contributed by atoms with Gasteiger partial charge in [-0.1, -0.05) is 71.1 Å². The number of hydrogen-bond acceptors (Lipinski definition) is 3. The predicted octanol–water partition coefficient (Wildman–Crippen LogP) is 3.15. The van der Waals surface area contributed by atoms with Gasteiger partial charge in [-0.3, -0.25) is 4.79 Å². The zero-order valence-electron chi connectivity index (χ0n) is 12.2. The van der Waals surface area contributed by atoms with Crippen molar-refractivity contribution in [2.45, 2.75) is 83.6 Å². The first-order valence-electron chi connectivity index (χ1n) is 7.55. The summed E-state index contributed by atoms with van der Waals surface area (Å²) in [6.45, 7) is 2.25. The molecule has 0 radical (unpaired) electrons. The second kappa shape index (κ2) is 16.5. The van der Waals surface area contributed by atoms with Crippen LogP contribution in [0.4, 0.5) is 0 Å². The van der Waals surface area contributed by atoms with Crippen LogP contribution in [0, 0.1) is 0 Å². The van der Waals surface area contributed by atoms with E-state index in [0.29, 0.717) is 0 Å². The molecule has 0 saturated carbocycles. The molecule has 0 aromatic rings. The molecule has 0 fully saturated rings. The minimum atomic E-state index is -0.427. The third kappa shape index (κ3) is 14.6. The van der Waals surface area contributed by atoms with Gasteiger partial charge in [0.15, 0.2) is 0 Å². The Morgan fingerprint density at radius 1 is 0.947 bits per heavy atom. The van der Waals surface area contributed by atoms with Crippen LogP contribution in [-0.2, 0) is 9.53 Å². The molecular formula is C15H32NNaO2. The second-order valence-corrected chi connectivity index (χ2v) is 5.10. The molecule has 0 aliphatic heterocycles. The van der Waals surface area contributed by atoms with Crippen LogP contribution in [0.5, 0.6) is 0 Å². The molecule has 0 amide bonds. The van der Waals surface area contributed by atoms with Crippen LogP contribution in [-0.4, -0.2) is 48.7 Å². The Hall–Kier alpha value is 0.430. The molecule has 0 bridgehead atoms. The van der Waals surface area contributed by atoms with E-state index in [2.05, 4.69) is 11.7 Å². The van der Waals surface area contributed by atoms with E-state index in [1.54, 1.807) is 0 Å². The average Bonchev–Trinajstić information content (AvgIpc) is 2.39. The van der Waals surface area contributed by atoms with Crippen LogP contribution in [0.2, 0.25) is 0 Å². The monoisotopic (exact) mass is 281 g/mol. The molecule has 110 valence electrons. The quantitative estimate of drug-likeness (QED) is 0.340. The number of rotatable bonds is 12. The van der Waals surface area contributed by atoms with Gasteiger partial charge < -0.3 is 10.5 Å². The second-order valence-electron chi connectivity index (χ2n) is 5.10. The Bertz CT molecular complexity index is 201. The van der Waals surface area contributed by atoms with E-state index in [-0.39, 0.29) is 35.5 Å². The van der Waals surface area contributed by atoms with Crippen molar-refractivity contribution in [1.82, 2.24) is 0 Å². The van der Waals surface area contributed by atoms with Gasteiger partial charge in [-0.15, -0.1) is 0 Å². The van der Waals surface area contributed by atoms with Crippen molar-refractivity contribution in [3.8, 4) is 0 Å². The van der Waals surface area contributed by atoms with Gasteiger partial charge in [0.2, 0.25) is 0 Å². The maximum atomic E-state index is 11.1. The third-order valence-electron chi connectivity index (χ3n) is 3.37. The number of ether oxygens (including phenoxy) is 1. The molecule has 1 atom stereocenters. The fourth-order valence-corrected chi connectivity index (χ4v) is 2.12. The summed E-state index contributed by atoms with van der Waals surface area (Å²) in [5.41, 5.74) is 5.66. The van der Waals surface area contributed by atoms with E-state index >= 15 is 0 Å². The molecule has 3 nitrogen and oxygen atoms in total. The summed E-state index contributed by atoms with van der Waals surface area (Å²) in [6, 6.07) is -0.427. The van der Waals surface area contributed by atoms with Crippen molar-refractivity contribution in [3.63, 3.8) is 0 Å². The first-order chi connectivity index (χ1) is 8.72. The van der Waals surface area contributed by atoms with E-state index in [9.17, 15) is 4.79 Å². The van der Waals surface area contributed by atoms with Gasteiger partial charge in [-0.2, -0.15) is 0 Å². The molecule has 0 aromatic carbocycles. The van der Waals surface area contributed by atoms with Crippen molar-refractivity contribution in [1.29, 1.82) is 0 Å². The van der Waals surface area contributed by atoms with Crippen LogP contribution in [0.3, 0.4) is 0 Å². The van der Waals surface area contributed by atoms with Crippen LogP contribution in [0.15, 0.2) is 0 Å². The number of carbonyl (C=O) groups is 1. The first-order valence-corrected chi connectivity index (χ1v) is 7.55. The number of hydrogen-bond donors (Lipinski definition) is 1. The molecule has 0 spiro atoms. The van der Waals surface area contributed by atoms with Gasteiger partial charge in [-0.05, 0) is 6.42 Å². The number of unbranched alkanes of at least 4 members (excludes halogenated alkanes) is 9. The number of nitrogens with two attached hydrogens (primary N) is 1. The van der Waals surface area contributed by atoms with Crippen molar-refractivity contribution in [2.24, 2.45) is 5.73 Å². The number of methoxy groups -OCH3 is 1. The van der Waals surface area contributed by atoms with Crippen molar-refractivity contribution in [3.05, 3.63) is 0 Å². The molecular weight excluding hydrogens is 249 g/mol. The van der Waals surface area contributed by atoms with Crippen LogP contribution in [0.25, 0.3) is 0 Å². The molecule has 1 unspecified atom stereocenters. The Labute approximate surface area is 141 Å². The van der Waals surface area contributed by atoms with E-state index in [0.717, 1.165) is 12.8 Å². The van der Waals surface area contributed by atoms with E-state index < -0.39 is 6.04 Å². The van der Waals surface area contributed by atoms with Gasteiger partial charge in [-0.25, -0.2) is 0 Å². The zero-order valence-corrected chi connectivity index (χ0v) is 12.2. The van der Waals surface area contributed by atoms with Crippen molar-refractivity contribution in [2.75, 3.05) is 7.11 Å². The van der Waals surface area contributed by atoms with E-state index in [1.807, 2.05) is 0 Å². The molecule has 0 saturated heterocycles. The summed E-state index contributed by atoms with van der Waals surface area (Å²) in [6.07, 6.45) is 13.8. The Balaban J connectivity index is 0. The zero-order chi connectivity index (χ0) is 13.6. The first kappa shape index (κ1) is 21.7. The Kier molecular flexibility index (Phi) is 18.8. The van der Waals surface area contributed by atoms with Gasteiger partial charge in [0.25, 0.3) is 0 Å². The molecule has 0 aliphatic rings. The summed E-state index contributed by atoms with van der Waals surface area (Å²) < 4.78 is 4.59. The standard InChI is InChI=1S/C15H31NO2.Na.H/c1-3-4-5-6-7-8-9-10-11-12-13-14(16)15(17)18-2;;/h14H,3-13,16H2,1-2H3;;. The summed E-state index contributed by atoms with van der Waals surface area (Å²) in [5, 5.41) is 0. The molecule has 2 N–H and O–H groups in total. The summed E-state index contributed by atoms with van der Waals surface area (Å²) >= 11 is 0. The minimum absolute atomic E-state index is 0. The van der Waals surface area contributed by atoms with Gasteiger partial charge >= 0.3 is 35.5 Å². The van der Waals surface area contributed by atoms with E-state index in [1.165, 1.54) is 64.9 Å². The van der Waals surface area contributed by atoms with Crippen molar-refractivity contribution >= 4 is 35.5 Å². The summed E-state index contributed by atoms with van der Waals surface area (Å²) in [5.74, 6) is -0.286. The van der Waals surface area contributed by atoms with Gasteiger partial charge in [0, 0.05) is 0 Å². The summed E-state index contributed by atoms with van der Waals surface area (Å²) in [7, 11) is 1.39. The number of esters is 1. The molecule has 0 aromatic heterocycles. The van der Waals surface area contributed by atoms with Gasteiger partial charge in [0.1, 0.15) is 6.04 Å².